The van der Waals surface area contributed by atoms with Crippen molar-refractivity contribution in [1.82, 2.24) is 19.7 Å². The zero-order valence-electron chi connectivity index (χ0n) is 16.2. The summed E-state index contributed by atoms with van der Waals surface area (Å²) in [6, 6.07) is 4.37. The van der Waals surface area contributed by atoms with Gasteiger partial charge in [-0.05, 0) is 50.9 Å². The summed E-state index contributed by atoms with van der Waals surface area (Å²) in [5, 5.41) is 13.8. The molecule has 1 saturated heterocycles. The van der Waals surface area contributed by atoms with Crippen LogP contribution in [0.25, 0.3) is 5.82 Å². The Kier molecular flexibility index (Phi) is 5.59. The topological polar surface area (TPSA) is 57.7 Å². The Morgan fingerprint density at radius 1 is 1.14 bits per heavy atom. The number of likely N-dealkylation sites (tertiary alicyclic amines) is 1. The zero-order valence-corrected chi connectivity index (χ0v) is 16.2. The van der Waals surface area contributed by atoms with E-state index in [1.165, 1.54) is 10.9 Å². The molecule has 29 heavy (non-hydrogen) atoms. The van der Waals surface area contributed by atoms with Gasteiger partial charge in [0.2, 0.25) is 0 Å². The van der Waals surface area contributed by atoms with Gasteiger partial charge in [-0.15, -0.1) is 0 Å². The summed E-state index contributed by atoms with van der Waals surface area (Å²) in [5.41, 5.74) is 1.33. The highest BCUT2D eigenvalue weighted by Gasteiger charge is 2.31. The van der Waals surface area contributed by atoms with Crippen molar-refractivity contribution in [3.05, 3.63) is 41.3 Å². The van der Waals surface area contributed by atoms with E-state index in [0.29, 0.717) is 12.5 Å². The molecule has 0 atom stereocenters. The average Bonchev–Trinajstić information content (AvgIpc) is 3.38. The molecule has 0 spiro atoms. The van der Waals surface area contributed by atoms with Crippen molar-refractivity contribution in [2.75, 3.05) is 13.1 Å². The largest absolute Gasteiger partial charge is 0.416 e. The highest BCUT2D eigenvalue weighted by atomic mass is 19.4. The lowest BCUT2D eigenvalue weighted by Crippen LogP contribution is -2.33. The molecule has 1 aliphatic heterocycles. The fourth-order valence-electron chi connectivity index (χ4n) is 4.39. The first-order chi connectivity index (χ1) is 13.9. The molecule has 154 valence electrons. The van der Waals surface area contributed by atoms with Gasteiger partial charge in [0.05, 0.1) is 17.3 Å². The molecular formula is C21H24F3N5. The summed E-state index contributed by atoms with van der Waals surface area (Å²) in [6.45, 7) is 2.42. The van der Waals surface area contributed by atoms with E-state index in [1.54, 1.807) is 0 Å². The Hall–Kier alpha value is -2.40. The Bertz CT molecular complexity index is 884. The molecule has 0 aromatic carbocycles. The van der Waals surface area contributed by atoms with Crippen molar-refractivity contribution in [3.8, 4) is 11.9 Å². The lowest BCUT2D eigenvalue weighted by Gasteiger charge is -2.29. The number of pyridine rings is 1. The van der Waals surface area contributed by atoms with E-state index in [1.807, 2.05) is 6.20 Å². The predicted molar refractivity (Wildman–Crippen MR) is 101 cm³/mol. The molecule has 1 aliphatic carbocycles. The van der Waals surface area contributed by atoms with Gasteiger partial charge < -0.3 is 0 Å². The van der Waals surface area contributed by atoms with Gasteiger partial charge in [-0.1, -0.05) is 12.8 Å². The van der Waals surface area contributed by atoms with Crippen molar-refractivity contribution in [2.24, 2.45) is 5.92 Å². The first-order valence-corrected chi connectivity index (χ1v) is 10.2. The molecule has 2 aromatic heterocycles. The Morgan fingerprint density at radius 2 is 1.86 bits per heavy atom. The molecule has 0 radical (unpaired) electrons. The van der Waals surface area contributed by atoms with E-state index >= 15 is 0 Å². The van der Waals surface area contributed by atoms with E-state index in [-0.39, 0.29) is 11.7 Å². The first kappa shape index (κ1) is 19.9. The number of rotatable bonds is 4. The van der Waals surface area contributed by atoms with Gasteiger partial charge in [-0.25, -0.2) is 9.67 Å². The molecule has 0 bridgehead atoms. The minimum atomic E-state index is -4.41. The lowest BCUT2D eigenvalue weighted by molar-refractivity contribution is -0.137. The van der Waals surface area contributed by atoms with Crippen LogP contribution in [0.15, 0.2) is 24.5 Å². The molecule has 8 heteroatoms. The summed E-state index contributed by atoms with van der Waals surface area (Å²) < 4.78 is 40.8. The second kappa shape index (κ2) is 8.15. The van der Waals surface area contributed by atoms with Crippen LogP contribution < -0.4 is 0 Å². The fraction of sp³-hybridized carbons (Fsp3) is 0.571. The van der Waals surface area contributed by atoms with Crippen molar-refractivity contribution in [3.63, 3.8) is 0 Å². The number of hydrogen-bond donors (Lipinski definition) is 0. The van der Waals surface area contributed by atoms with E-state index in [2.05, 4.69) is 16.0 Å². The maximum Gasteiger partial charge on any atom is 0.416 e. The van der Waals surface area contributed by atoms with Crippen LogP contribution in [0.3, 0.4) is 0 Å². The molecule has 2 aromatic rings. The molecular weight excluding hydrogens is 379 g/mol. The predicted octanol–water partition coefficient (Wildman–Crippen LogP) is 4.68. The van der Waals surface area contributed by atoms with E-state index < -0.39 is 11.7 Å². The van der Waals surface area contributed by atoms with Crippen molar-refractivity contribution in [2.45, 2.75) is 57.2 Å². The van der Waals surface area contributed by atoms with Crippen molar-refractivity contribution in [1.29, 1.82) is 5.26 Å². The van der Waals surface area contributed by atoms with Gasteiger partial charge in [0.15, 0.2) is 5.82 Å². The van der Waals surface area contributed by atoms with Gasteiger partial charge in [0.25, 0.3) is 0 Å². The summed E-state index contributed by atoms with van der Waals surface area (Å²) in [7, 11) is 0. The van der Waals surface area contributed by atoms with Crippen LogP contribution in [-0.4, -0.2) is 32.8 Å². The van der Waals surface area contributed by atoms with Gasteiger partial charge in [-0.2, -0.15) is 23.5 Å². The standard InChI is InChI=1S/C21H24F3N5/c22-21(23,24)18-5-8-26-19(11-18)29-14-17(20(27-29)16-3-1-2-4-16)13-28-9-6-15(12-25)7-10-28/h5,8,11,14-16H,1-4,6-7,9-10,13H2. The second-order valence-corrected chi connectivity index (χ2v) is 8.05. The van der Waals surface area contributed by atoms with Crippen LogP contribution in [0.5, 0.6) is 0 Å². The van der Waals surface area contributed by atoms with Crippen LogP contribution in [0.4, 0.5) is 13.2 Å². The highest BCUT2D eigenvalue weighted by Crippen LogP contribution is 2.36. The summed E-state index contributed by atoms with van der Waals surface area (Å²) >= 11 is 0. The molecule has 3 heterocycles. The number of halogens is 3. The number of nitriles is 1. The SMILES string of the molecule is N#CC1CCN(Cc2cn(-c3cc(C(F)(F)F)ccn3)nc2C2CCCC2)CC1. The number of hydrogen-bond acceptors (Lipinski definition) is 4. The third kappa shape index (κ3) is 4.45. The monoisotopic (exact) mass is 403 g/mol. The maximum atomic E-state index is 13.1. The molecule has 1 saturated carbocycles. The van der Waals surface area contributed by atoms with Crippen molar-refractivity contribution >= 4 is 0 Å². The van der Waals surface area contributed by atoms with Gasteiger partial charge in [-0.3, -0.25) is 4.90 Å². The normalized spacial score (nSPS) is 19.5. The van der Waals surface area contributed by atoms with E-state index in [9.17, 15) is 13.2 Å². The molecule has 2 aliphatic rings. The van der Waals surface area contributed by atoms with Gasteiger partial charge in [0, 0.05) is 36.3 Å². The number of nitrogens with zero attached hydrogens (tertiary/aromatic N) is 5. The van der Waals surface area contributed by atoms with E-state index in [0.717, 1.165) is 75.0 Å². The van der Waals surface area contributed by atoms with Crippen LogP contribution in [0.1, 0.15) is 61.3 Å². The molecule has 5 nitrogen and oxygen atoms in total. The third-order valence-electron chi connectivity index (χ3n) is 6.04. The van der Waals surface area contributed by atoms with Crippen LogP contribution in [0.2, 0.25) is 0 Å². The van der Waals surface area contributed by atoms with Crippen LogP contribution in [-0.2, 0) is 12.7 Å². The molecule has 2 fully saturated rings. The quantitative estimate of drug-likeness (QED) is 0.744. The number of piperidine rings is 1. The average molecular weight is 403 g/mol. The van der Waals surface area contributed by atoms with Gasteiger partial charge in [0.1, 0.15) is 0 Å². The Balaban J connectivity index is 1.61. The zero-order chi connectivity index (χ0) is 20.4. The lowest BCUT2D eigenvalue weighted by atomic mass is 9.97. The summed E-state index contributed by atoms with van der Waals surface area (Å²) in [4.78, 5) is 6.44. The van der Waals surface area contributed by atoms with Crippen LogP contribution in [0, 0.1) is 17.2 Å². The Labute approximate surface area is 168 Å². The minimum absolute atomic E-state index is 0.123. The first-order valence-electron chi connectivity index (χ1n) is 10.2. The van der Waals surface area contributed by atoms with Crippen molar-refractivity contribution < 1.29 is 13.2 Å². The van der Waals surface area contributed by atoms with Gasteiger partial charge >= 0.3 is 6.18 Å². The third-order valence-corrected chi connectivity index (χ3v) is 6.04. The molecule has 0 N–H and O–H groups in total. The summed E-state index contributed by atoms with van der Waals surface area (Å²) in [5.74, 6) is 0.666. The number of alkyl halides is 3. The highest BCUT2D eigenvalue weighted by molar-refractivity contribution is 5.32. The van der Waals surface area contributed by atoms with Crippen LogP contribution >= 0.6 is 0 Å². The molecule has 4 rings (SSSR count). The fourth-order valence-corrected chi connectivity index (χ4v) is 4.39. The minimum Gasteiger partial charge on any atom is -0.299 e. The Morgan fingerprint density at radius 3 is 2.52 bits per heavy atom. The number of aromatic nitrogens is 3. The maximum absolute atomic E-state index is 13.1. The van der Waals surface area contributed by atoms with E-state index in [4.69, 9.17) is 10.4 Å². The molecule has 0 unspecified atom stereocenters. The molecule has 0 amide bonds. The second-order valence-electron chi connectivity index (χ2n) is 8.05. The smallest absolute Gasteiger partial charge is 0.299 e. The summed E-state index contributed by atoms with van der Waals surface area (Å²) in [6.07, 6.45) is 4.78.